The van der Waals surface area contributed by atoms with E-state index in [9.17, 15) is 23.3 Å². The topological polar surface area (TPSA) is 115 Å². The minimum Gasteiger partial charge on any atom is -0.289 e. The van der Waals surface area contributed by atoms with Crippen LogP contribution in [0.1, 0.15) is 10.8 Å². The van der Waals surface area contributed by atoms with E-state index >= 15 is 0 Å². The molecule has 0 saturated heterocycles. The highest BCUT2D eigenvalue weighted by Gasteiger charge is 2.29. The quantitative estimate of drug-likeness (QED) is 0.504. The number of halogens is 1. The van der Waals surface area contributed by atoms with E-state index in [0.717, 1.165) is 24.5 Å². The number of carbonyl (C=O) groups excluding carboxylic acids is 1. The molecule has 1 aromatic carbocycles. The van der Waals surface area contributed by atoms with E-state index in [-0.39, 0.29) is 5.02 Å². The lowest BCUT2D eigenvalue weighted by atomic mass is 10.1. The Labute approximate surface area is 101 Å². The van der Waals surface area contributed by atoms with Gasteiger partial charge in [0.1, 0.15) is 0 Å². The zero-order valence-electron chi connectivity index (χ0n) is 8.03. The molecule has 1 N–H and O–H groups in total. The zero-order valence-corrected chi connectivity index (χ0v) is 9.60. The summed E-state index contributed by atoms with van der Waals surface area (Å²) in [6.45, 7) is 0. The number of nitro benzene ring substituents is 1. The van der Waals surface area contributed by atoms with Gasteiger partial charge >= 0.3 is 0 Å². The number of nitro groups is 1. The van der Waals surface area contributed by atoms with Crippen molar-refractivity contribution in [2.24, 2.45) is 0 Å². The van der Waals surface area contributed by atoms with Crippen LogP contribution in [0.3, 0.4) is 0 Å². The van der Waals surface area contributed by atoms with Crippen LogP contribution in [0.15, 0.2) is 18.2 Å². The summed E-state index contributed by atoms with van der Waals surface area (Å²) in [6.07, 6.45) is 1.07. The predicted molar refractivity (Wildman–Crippen MR) is 58.1 cm³/mol. The SMILES string of the molecule is O=[C]C(c1cc([N+](=O)[O-])ccc1Cl)S(=O)(=O)O. The molecule has 0 saturated carbocycles. The van der Waals surface area contributed by atoms with Crippen LogP contribution in [0.4, 0.5) is 5.69 Å². The van der Waals surface area contributed by atoms with E-state index in [1.165, 1.54) is 0 Å². The molecule has 0 heterocycles. The molecule has 0 aromatic heterocycles. The van der Waals surface area contributed by atoms with E-state index in [2.05, 4.69) is 0 Å². The Morgan fingerprint density at radius 2 is 2.06 bits per heavy atom. The van der Waals surface area contributed by atoms with Gasteiger partial charge in [-0.1, -0.05) is 11.6 Å². The first-order valence-corrected chi connectivity index (χ1v) is 5.93. The van der Waals surface area contributed by atoms with E-state index in [1.54, 1.807) is 0 Å². The van der Waals surface area contributed by atoms with Gasteiger partial charge in [0.25, 0.3) is 15.8 Å². The first-order chi connectivity index (χ1) is 7.77. The third-order valence-electron chi connectivity index (χ3n) is 1.88. The summed E-state index contributed by atoms with van der Waals surface area (Å²) in [5, 5.41) is 8.22. The lowest BCUT2D eigenvalue weighted by Gasteiger charge is -2.08. The van der Waals surface area contributed by atoms with Gasteiger partial charge in [0.15, 0.2) is 5.25 Å². The molecule has 1 aromatic rings. The van der Waals surface area contributed by atoms with Gasteiger partial charge in [0, 0.05) is 22.7 Å². The summed E-state index contributed by atoms with van der Waals surface area (Å²) in [7, 11) is -4.76. The molecule has 1 atom stereocenters. The van der Waals surface area contributed by atoms with Gasteiger partial charge in [-0.3, -0.25) is 19.5 Å². The first kappa shape index (κ1) is 13.6. The molecule has 91 valence electrons. The van der Waals surface area contributed by atoms with Gasteiger partial charge < -0.3 is 0 Å². The smallest absolute Gasteiger partial charge is 0.279 e. The van der Waals surface area contributed by atoms with Crippen LogP contribution in [0.2, 0.25) is 5.02 Å². The molecular weight excluding hydrogens is 274 g/mol. The fourth-order valence-corrected chi connectivity index (χ4v) is 2.06. The maximum atomic E-state index is 10.9. The molecule has 9 heteroatoms. The van der Waals surface area contributed by atoms with Gasteiger partial charge in [0.2, 0.25) is 6.29 Å². The molecule has 7 nitrogen and oxygen atoms in total. The van der Waals surface area contributed by atoms with Gasteiger partial charge in [-0.2, -0.15) is 8.42 Å². The summed E-state index contributed by atoms with van der Waals surface area (Å²) in [5.41, 5.74) is -0.841. The van der Waals surface area contributed by atoms with Crippen molar-refractivity contribution in [3.8, 4) is 0 Å². The molecule has 1 rings (SSSR count). The number of hydrogen-bond donors (Lipinski definition) is 1. The highest BCUT2D eigenvalue weighted by molar-refractivity contribution is 7.86. The molecule has 0 aliphatic rings. The summed E-state index contributed by atoms with van der Waals surface area (Å²) >= 11 is 5.60. The van der Waals surface area contributed by atoms with Gasteiger partial charge in [0.05, 0.1) is 4.92 Å². The first-order valence-electron chi connectivity index (χ1n) is 4.05. The molecule has 0 spiro atoms. The number of rotatable bonds is 4. The molecule has 1 unspecified atom stereocenters. The Bertz CT molecular complexity index is 569. The van der Waals surface area contributed by atoms with Crippen molar-refractivity contribution in [2.75, 3.05) is 0 Å². The van der Waals surface area contributed by atoms with Crippen LogP contribution >= 0.6 is 11.6 Å². The summed E-state index contributed by atoms with van der Waals surface area (Å²) in [4.78, 5) is 20.2. The fraction of sp³-hybridized carbons (Fsp3) is 0.125. The zero-order chi connectivity index (χ0) is 13.2. The van der Waals surface area contributed by atoms with E-state index in [0.29, 0.717) is 0 Å². The standard InChI is InChI=1S/C8H5ClNO6S/c9-7-2-1-5(10(12)13)3-6(7)8(4-11)17(14,15)16/h1-3,8H,(H,14,15,16). The Morgan fingerprint density at radius 1 is 1.47 bits per heavy atom. The molecule has 0 aliphatic heterocycles. The summed E-state index contributed by atoms with van der Waals surface area (Å²) < 4.78 is 30.5. The molecule has 1 radical (unpaired) electrons. The third kappa shape index (κ3) is 2.99. The van der Waals surface area contributed by atoms with E-state index in [4.69, 9.17) is 16.2 Å². The number of benzene rings is 1. The molecule has 0 aliphatic carbocycles. The largest absolute Gasteiger partial charge is 0.289 e. The van der Waals surface area contributed by atoms with Crippen LogP contribution in [0.25, 0.3) is 0 Å². The number of hydrogen-bond acceptors (Lipinski definition) is 5. The average Bonchev–Trinajstić information content (AvgIpc) is 2.19. The number of nitrogens with zero attached hydrogens (tertiary/aromatic N) is 1. The van der Waals surface area contributed by atoms with Gasteiger partial charge in [-0.15, -0.1) is 0 Å². The van der Waals surface area contributed by atoms with Crippen LogP contribution in [0.5, 0.6) is 0 Å². The highest BCUT2D eigenvalue weighted by atomic mass is 35.5. The lowest BCUT2D eigenvalue weighted by molar-refractivity contribution is -0.384. The van der Waals surface area contributed by atoms with Crippen molar-refractivity contribution in [2.45, 2.75) is 5.25 Å². The van der Waals surface area contributed by atoms with Crippen LogP contribution in [-0.2, 0) is 14.9 Å². The Hall–Kier alpha value is -1.51. The van der Waals surface area contributed by atoms with Crippen LogP contribution in [-0.4, -0.2) is 24.2 Å². The molecule has 0 amide bonds. The third-order valence-corrected chi connectivity index (χ3v) is 3.17. The highest BCUT2D eigenvalue weighted by Crippen LogP contribution is 2.30. The van der Waals surface area contributed by atoms with E-state index in [1.807, 2.05) is 0 Å². The second kappa shape index (κ2) is 4.78. The number of non-ortho nitro benzene ring substituents is 1. The second-order valence-electron chi connectivity index (χ2n) is 2.98. The van der Waals surface area contributed by atoms with Crippen molar-refractivity contribution in [3.05, 3.63) is 38.9 Å². The second-order valence-corrected chi connectivity index (χ2v) is 4.88. The van der Waals surface area contributed by atoms with Crippen molar-refractivity contribution < 1.29 is 22.7 Å². The van der Waals surface area contributed by atoms with Crippen molar-refractivity contribution in [1.82, 2.24) is 0 Å². The summed E-state index contributed by atoms with van der Waals surface area (Å²) in [5.74, 6) is 0. The maximum Gasteiger partial charge on any atom is 0.279 e. The predicted octanol–water partition coefficient (Wildman–Crippen LogP) is 1.29. The maximum absolute atomic E-state index is 10.9. The normalized spacial score (nSPS) is 13.1. The van der Waals surface area contributed by atoms with Crippen LogP contribution < -0.4 is 0 Å². The lowest BCUT2D eigenvalue weighted by Crippen LogP contribution is -2.14. The van der Waals surface area contributed by atoms with Gasteiger partial charge in [-0.05, 0) is 6.07 Å². The average molecular weight is 279 g/mol. The molecule has 0 fully saturated rings. The van der Waals surface area contributed by atoms with Gasteiger partial charge in [-0.25, -0.2) is 0 Å². The Morgan fingerprint density at radius 3 is 2.47 bits per heavy atom. The Kier molecular flexibility index (Phi) is 3.81. The minimum atomic E-state index is -4.76. The molecule has 0 bridgehead atoms. The van der Waals surface area contributed by atoms with Crippen molar-refractivity contribution in [1.29, 1.82) is 0 Å². The van der Waals surface area contributed by atoms with E-state index < -0.39 is 31.5 Å². The van der Waals surface area contributed by atoms with Crippen LogP contribution in [0, 0.1) is 10.1 Å². The molecule has 17 heavy (non-hydrogen) atoms. The summed E-state index contributed by atoms with van der Waals surface area (Å²) in [6, 6.07) is 2.90. The fourth-order valence-electron chi connectivity index (χ4n) is 1.13. The Balaban J connectivity index is 3.43. The van der Waals surface area contributed by atoms with Crippen molar-refractivity contribution in [3.63, 3.8) is 0 Å². The van der Waals surface area contributed by atoms with Crippen molar-refractivity contribution >= 4 is 33.7 Å². The minimum absolute atomic E-state index is 0.193. The monoisotopic (exact) mass is 278 g/mol. The molecular formula is C8H5ClNO6S.